The van der Waals surface area contributed by atoms with E-state index >= 15 is 0 Å². The second-order valence-electron chi connectivity index (χ2n) is 9.36. The van der Waals surface area contributed by atoms with Gasteiger partial charge < -0.3 is 25.7 Å². The third kappa shape index (κ3) is 6.09. The van der Waals surface area contributed by atoms with Crippen LogP contribution in [-0.2, 0) is 11.3 Å². The molecule has 0 unspecified atom stereocenters. The number of rotatable bonds is 9. The van der Waals surface area contributed by atoms with Gasteiger partial charge in [-0.1, -0.05) is 19.9 Å². The minimum absolute atomic E-state index is 0.355. The van der Waals surface area contributed by atoms with E-state index in [0.29, 0.717) is 29.7 Å². The highest BCUT2D eigenvalue weighted by Gasteiger charge is 2.12. The first-order chi connectivity index (χ1) is 18.6. The molecule has 0 atom stereocenters. The molecule has 0 aliphatic carbocycles. The van der Waals surface area contributed by atoms with Gasteiger partial charge in [0.25, 0.3) is 0 Å². The van der Waals surface area contributed by atoms with Gasteiger partial charge in [-0.15, -0.1) is 5.10 Å². The molecule has 3 N–H and O–H groups in total. The fraction of sp³-hybridized carbons (Fsp3) is 0.286. The van der Waals surface area contributed by atoms with Crippen LogP contribution in [0.2, 0.25) is 0 Å². The van der Waals surface area contributed by atoms with Crippen molar-refractivity contribution in [3.05, 3.63) is 77.9 Å². The number of allylic oxidation sites excluding steroid dienone is 1. The van der Waals surface area contributed by atoms with Crippen LogP contribution in [0.3, 0.4) is 0 Å². The number of nitrogens with one attached hydrogen (secondary N) is 3. The Hall–Kier alpha value is -4.44. The Kier molecular flexibility index (Phi) is 7.79. The minimum atomic E-state index is 0.355. The summed E-state index contributed by atoms with van der Waals surface area (Å²) in [6.07, 6.45) is 8.54. The summed E-state index contributed by atoms with van der Waals surface area (Å²) >= 11 is 0. The monoisotopic (exact) mass is 509 g/mol. The number of aromatic nitrogens is 5. The summed E-state index contributed by atoms with van der Waals surface area (Å²) in [6, 6.07) is 11.8. The summed E-state index contributed by atoms with van der Waals surface area (Å²) in [7, 11) is 0. The molecule has 1 aliphatic rings. The van der Waals surface area contributed by atoms with E-state index in [4.69, 9.17) is 15.1 Å². The van der Waals surface area contributed by atoms with Crippen LogP contribution in [0.4, 0.5) is 17.5 Å². The van der Waals surface area contributed by atoms with Crippen LogP contribution < -0.4 is 15.5 Å². The fourth-order valence-electron chi connectivity index (χ4n) is 4.11. The predicted octanol–water partition coefficient (Wildman–Crippen LogP) is 4.30. The van der Waals surface area contributed by atoms with E-state index < -0.39 is 0 Å². The van der Waals surface area contributed by atoms with Crippen molar-refractivity contribution in [1.82, 2.24) is 30.5 Å². The molecule has 5 rings (SSSR count). The van der Waals surface area contributed by atoms with E-state index in [0.717, 1.165) is 59.8 Å². The van der Waals surface area contributed by atoms with Gasteiger partial charge in [-0.25, -0.2) is 9.97 Å². The van der Waals surface area contributed by atoms with Crippen LogP contribution >= 0.6 is 0 Å². The Labute approximate surface area is 221 Å². The Morgan fingerprint density at radius 1 is 1.03 bits per heavy atom. The standard InChI is InChI=1S/C28H31N9O/c1-19(2)21-12-27(36-33-18-21)35-26-5-4-24-25(34-26)11-22(17-31-24)23(13-29)16-30-14-20-3-6-28(32-15-20)37-7-9-38-10-8-37/h3-6,11-13,15-19,29-30H,7-10,14H2,1-2H3,(H,34,35,36)/b23-16+,29-13?. The number of fused-ring (bicyclic) bond motifs is 1. The molecule has 1 fully saturated rings. The fourth-order valence-corrected chi connectivity index (χ4v) is 4.11. The molecule has 1 aliphatic heterocycles. The summed E-state index contributed by atoms with van der Waals surface area (Å²) in [4.78, 5) is 16.1. The average molecular weight is 510 g/mol. The maximum absolute atomic E-state index is 7.94. The van der Waals surface area contributed by atoms with Crippen molar-refractivity contribution >= 4 is 40.3 Å². The molecular formula is C28H31N9O. The van der Waals surface area contributed by atoms with Crippen LogP contribution in [0, 0.1) is 5.41 Å². The van der Waals surface area contributed by atoms with Crippen LogP contribution in [-0.4, -0.2) is 57.7 Å². The molecule has 0 amide bonds. The molecule has 38 heavy (non-hydrogen) atoms. The van der Waals surface area contributed by atoms with E-state index in [1.807, 2.05) is 42.7 Å². The molecule has 5 heterocycles. The summed E-state index contributed by atoms with van der Waals surface area (Å²) in [5.41, 5.74) is 5.15. The van der Waals surface area contributed by atoms with Gasteiger partial charge in [0.05, 0.1) is 30.4 Å². The number of hydrogen-bond acceptors (Lipinski definition) is 10. The third-order valence-corrected chi connectivity index (χ3v) is 6.33. The minimum Gasteiger partial charge on any atom is -0.386 e. The van der Waals surface area contributed by atoms with Crippen molar-refractivity contribution in [2.45, 2.75) is 26.3 Å². The molecule has 0 radical (unpaired) electrons. The van der Waals surface area contributed by atoms with Crippen molar-refractivity contribution in [1.29, 1.82) is 5.41 Å². The number of hydrogen-bond donors (Lipinski definition) is 3. The zero-order valence-electron chi connectivity index (χ0n) is 21.6. The normalized spacial score (nSPS) is 14.1. The molecule has 4 aromatic rings. The highest BCUT2D eigenvalue weighted by atomic mass is 16.5. The number of anilines is 3. The lowest BCUT2D eigenvalue weighted by molar-refractivity contribution is 0.122. The van der Waals surface area contributed by atoms with Crippen LogP contribution in [0.15, 0.2) is 61.2 Å². The number of nitrogens with zero attached hydrogens (tertiary/aromatic N) is 6. The second-order valence-corrected chi connectivity index (χ2v) is 9.36. The predicted molar refractivity (Wildman–Crippen MR) is 150 cm³/mol. The Balaban J connectivity index is 1.27. The van der Waals surface area contributed by atoms with Crippen LogP contribution in [0.25, 0.3) is 16.6 Å². The summed E-state index contributed by atoms with van der Waals surface area (Å²) < 4.78 is 5.41. The van der Waals surface area contributed by atoms with Crippen LogP contribution in [0.1, 0.15) is 36.5 Å². The summed E-state index contributed by atoms with van der Waals surface area (Å²) in [5, 5.41) is 22.7. The molecule has 4 aromatic heterocycles. The number of pyridine rings is 3. The van der Waals surface area contributed by atoms with Gasteiger partial charge in [-0.3, -0.25) is 4.98 Å². The lowest BCUT2D eigenvalue weighted by Gasteiger charge is -2.27. The summed E-state index contributed by atoms with van der Waals surface area (Å²) in [5.74, 6) is 2.62. The van der Waals surface area contributed by atoms with Gasteiger partial charge >= 0.3 is 0 Å². The topological polar surface area (TPSA) is 125 Å². The van der Waals surface area contributed by atoms with E-state index in [9.17, 15) is 0 Å². The van der Waals surface area contributed by atoms with Gasteiger partial charge in [0.2, 0.25) is 0 Å². The number of morpholine rings is 1. The van der Waals surface area contributed by atoms with Gasteiger partial charge in [-0.2, -0.15) is 5.10 Å². The zero-order chi connectivity index (χ0) is 26.3. The lowest BCUT2D eigenvalue weighted by Crippen LogP contribution is -2.36. The molecule has 194 valence electrons. The van der Waals surface area contributed by atoms with Crippen molar-refractivity contribution in [3.63, 3.8) is 0 Å². The van der Waals surface area contributed by atoms with E-state index in [1.54, 1.807) is 12.4 Å². The average Bonchev–Trinajstić information content (AvgIpc) is 2.96. The molecule has 0 aromatic carbocycles. The van der Waals surface area contributed by atoms with Gasteiger partial charge in [0.15, 0.2) is 5.82 Å². The maximum Gasteiger partial charge on any atom is 0.154 e. The Bertz CT molecular complexity index is 1430. The third-order valence-electron chi connectivity index (χ3n) is 6.33. The molecule has 0 bridgehead atoms. The first-order valence-corrected chi connectivity index (χ1v) is 12.7. The summed E-state index contributed by atoms with van der Waals surface area (Å²) in [6.45, 7) is 8.02. The van der Waals surface area contributed by atoms with Crippen molar-refractivity contribution < 1.29 is 4.74 Å². The molecule has 10 nitrogen and oxygen atoms in total. The van der Waals surface area contributed by atoms with E-state index in [-0.39, 0.29) is 0 Å². The SMILES string of the molecule is CC(C)c1cnnc(Nc2ccc3ncc(/C(C=N)=C/NCc4ccc(N5CCOCC5)nc4)cc3n2)c1. The van der Waals surface area contributed by atoms with E-state index in [2.05, 4.69) is 55.6 Å². The quantitative estimate of drug-likeness (QED) is 0.283. The highest BCUT2D eigenvalue weighted by molar-refractivity contribution is 6.08. The maximum atomic E-state index is 7.94. The molecule has 1 saturated heterocycles. The second kappa shape index (κ2) is 11.7. The number of ether oxygens (including phenoxy) is 1. The molecule has 0 saturated carbocycles. The largest absolute Gasteiger partial charge is 0.386 e. The van der Waals surface area contributed by atoms with Crippen molar-refractivity contribution in [2.24, 2.45) is 0 Å². The van der Waals surface area contributed by atoms with Gasteiger partial charge in [0, 0.05) is 55.6 Å². The first-order valence-electron chi connectivity index (χ1n) is 12.7. The van der Waals surface area contributed by atoms with Crippen molar-refractivity contribution in [2.75, 3.05) is 36.5 Å². The zero-order valence-corrected chi connectivity index (χ0v) is 21.6. The van der Waals surface area contributed by atoms with Gasteiger partial charge in [-0.05, 0) is 47.4 Å². The molecule has 10 heteroatoms. The first kappa shape index (κ1) is 25.2. The molecule has 0 spiro atoms. The lowest BCUT2D eigenvalue weighted by atomic mass is 10.1. The van der Waals surface area contributed by atoms with Crippen molar-refractivity contribution in [3.8, 4) is 0 Å². The highest BCUT2D eigenvalue weighted by Crippen LogP contribution is 2.22. The Morgan fingerprint density at radius 2 is 1.89 bits per heavy atom. The van der Waals surface area contributed by atoms with Gasteiger partial charge in [0.1, 0.15) is 11.6 Å². The Morgan fingerprint density at radius 3 is 2.66 bits per heavy atom. The van der Waals surface area contributed by atoms with E-state index in [1.165, 1.54) is 6.21 Å². The smallest absolute Gasteiger partial charge is 0.154 e. The van der Waals surface area contributed by atoms with Crippen LogP contribution in [0.5, 0.6) is 0 Å². The molecular weight excluding hydrogens is 478 g/mol.